The van der Waals surface area contributed by atoms with Crippen molar-refractivity contribution in [1.82, 2.24) is 10.3 Å². The summed E-state index contributed by atoms with van der Waals surface area (Å²) in [4.78, 5) is 2.30. The number of rotatable bonds is 4. The molecule has 0 amide bonds. The normalized spacial score (nSPS) is 20.1. The van der Waals surface area contributed by atoms with Crippen molar-refractivity contribution in [3.8, 4) is 0 Å². The van der Waals surface area contributed by atoms with Crippen LogP contribution >= 0.6 is 23.2 Å². The summed E-state index contributed by atoms with van der Waals surface area (Å²) in [6.45, 7) is 0. The average molecular weight is 316 g/mol. The van der Waals surface area contributed by atoms with Gasteiger partial charge in [-0.1, -0.05) is 48.5 Å². The molecule has 5 heteroatoms. The quantitative estimate of drug-likeness (QED) is 0.656. The van der Waals surface area contributed by atoms with Crippen LogP contribution in [0, 0.1) is 0 Å². The largest absolute Gasteiger partial charge is 0.302 e. The summed E-state index contributed by atoms with van der Waals surface area (Å²) in [5.74, 6) is 5.89. The Hall–Kier alpha value is -0.320. The van der Waals surface area contributed by atoms with Gasteiger partial charge in [-0.25, -0.2) is 0 Å². The fourth-order valence-corrected chi connectivity index (χ4v) is 3.72. The predicted molar refractivity (Wildman–Crippen MR) is 86.0 cm³/mol. The molecule has 0 aliphatic heterocycles. The Bertz CT molecular complexity index is 456. The smallest absolute Gasteiger partial charge is 0.0644 e. The Morgan fingerprint density at radius 1 is 1.15 bits per heavy atom. The van der Waals surface area contributed by atoms with Gasteiger partial charge in [0.15, 0.2) is 0 Å². The summed E-state index contributed by atoms with van der Waals surface area (Å²) in [6.07, 6.45) is 6.04. The summed E-state index contributed by atoms with van der Waals surface area (Å²) in [5.41, 5.74) is 4.14. The molecule has 2 rings (SSSR count). The fourth-order valence-electron chi connectivity index (χ4n) is 3.41. The van der Waals surface area contributed by atoms with Crippen LogP contribution in [0.1, 0.15) is 43.7 Å². The molecule has 1 saturated carbocycles. The van der Waals surface area contributed by atoms with Crippen LogP contribution in [0.15, 0.2) is 18.2 Å². The number of likely N-dealkylation sites (N-methyl/N-ethyl adjacent to an activating group) is 1. The van der Waals surface area contributed by atoms with Gasteiger partial charge in [0.05, 0.1) is 16.1 Å². The van der Waals surface area contributed by atoms with E-state index in [2.05, 4.69) is 24.4 Å². The molecule has 0 saturated heterocycles. The second-order valence-electron chi connectivity index (χ2n) is 5.83. The molecule has 0 bridgehead atoms. The number of nitrogens with zero attached hydrogens (tertiary/aromatic N) is 1. The van der Waals surface area contributed by atoms with Gasteiger partial charge >= 0.3 is 0 Å². The lowest BCUT2D eigenvalue weighted by atomic mass is 9.73. The molecule has 1 atom stereocenters. The average Bonchev–Trinajstić information content (AvgIpc) is 2.44. The van der Waals surface area contributed by atoms with E-state index in [9.17, 15) is 0 Å². The molecular formula is C15H23Cl2N3. The maximum Gasteiger partial charge on any atom is 0.0644 e. The molecule has 1 fully saturated rings. The minimum Gasteiger partial charge on any atom is -0.302 e. The van der Waals surface area contributed by atoms with Crippen molar-refractivity contribution in [2.45, 2.75) is 43.7 Å². The van der Waals surface area contributed by atoms with E-state index >= 15 is 0 Å². The molecule has 0 heterocycles. The minimum absolute atomic E-state index is 0.0319. The first-order valence-electron chi connectivity index (χ1n) is 7.10. The Labute approximate surface area is 131 Å². The van der Waals surface area contributed by atoms with Gasteiger partial charge in [-0.2, -0.15) is 0 Å². The zero-order valence-corrected chi connectivity index (χ0v) is 13.6. The Morgan fingerprint density at radius 2 is 1.80 bits per heavy atom. The molecule has 112 valence electrons. The number of benzene rings is 1. The number of halogens is 2. The van der Waals surface area contributed by atoms with Crippen molar-refractivity contribution in [2.75, 3.05) is 14.1 Å². The van der Waals surface area contributed by atoms with Crippen LogP contribution in [0.2, 0.25) is 10.0 Å². The topological polar surface area (TPSA) is 41.3 Å². The van der Waals surface area contributed by atoms with Crippen molar-refractivity contribution in [2.24, 2.45) is 5.84 Å². The summed E-state index contributed by atoms with van der Waals surface area (Å²) >= 11 is 12.2. The van der Waals surface area contributed by atoms with Crippen molar-refractivity contribution in [3.05, 3.63) is 33.8 Å². The minimum atomic E-state index is 0.0319. The van der Waals surface area contributed by atoms with Gasteiger partial charge < -0.3 is 4.90 Å². The highest BCUT2D eigenvalue weighted by atomic mass is 35.5. The van der Waals surface area contributed by atoms with Crippen LogP contribution in [0.4, 0.5) is 0 Å². The SMILES string of the molecule is CN(C)C1(C(NN)c2ccc(Cl)c(Cl)c2)CCCCC1. The molecule has 1 aromatic carbocycles. The van der Waals surface area contributed by atoms with Crippen molar-refractivity contribution < 1.29 is 0 Å². The summed E-state index contributed by atoms with van der Waals surface area (Å²) in [7, 11) is 4.26. The lowest BCUT2D eigenvalue weighted by Gasteiger charge is -2.48. The van der Waals surface area contributed by atoms with Crippen molar-refractivity contribution >= 4 is 23.2 Å². The Balaban J connectivity index is 2.39. The molecule has 20 heavy (non-hydrogen) atoms. The molecule has 3 nitrogen and oxygen atoms in total. The molecular weight excluding hydrogens is 293 g/mol. The predicted octanol–water partition coefficient (Wildman–Crippen LogP) is 3.76. The van der Waals surface area contributed by atoms with Crippen LogP contribution in [0.5, 0.6) is 0 Å². The van der Waals surface area contributed by atoms with E-state index in [-0.39, 0.29) is 11.6 Å². The molecule has 0 aromatic heterocycles. The van der Waals surface area contributed by atoms with Gasteiger partial charge in [0, 0.05) is 5.54 Å². The number of nitrogens with one attached hydrogen (secondary N) is 1. The van der Waals surface area contributed by atoms with Gasteiger partial charge in [0.1, 0.15) is 0 Å². The van der Waals surface area contributed by atoms with Crippen LogP contribution < -0.4 is 11.3 Å². The molecule has 1 unspecified atom stereocenters. The third-order valence-corrected chi connectivity index (χ3v) is 5.33. The zero-order chi connectivity index (χ0) is 14.8. The third kappa shape index (κ3) is 2.97. The molecule has 1 aromatic rings. The van der Waals surface area contributed by atoms with Crippen molar-refractivity contribution in [1.29, 1.82) is 0 Å². The highest BCUT2D eigenvalue weighted by molar-refractivity contribution is 6.42. The van der Waals surface area contributed by atoms with Crippen molar-refractivity contribution in [3.63, 3.8) is 0 Å². The number of hydrazine groups is 1. The van der Waals surface area contributed by atoms with E-state index in [1.54, 1.807) is 0 Å². The fraction of sp³-hybridized carbons (Fsp3) is 0.600. The molecule has 3 N–H and O–H groups in total. The standard InChI is InChI=1S/C15H23Cl2N3/c1-20(2)15(8-4-3-5-9-15)14(19-18)11-6-7-12(16)13(17)10-11/h6-7,10,14,19H,3-5,8-9,18H2,1-2H3. The third-order valence-electron chi connectivity index (χ3n) is 4.59. The number of hydrogen-bond acceptors (Lipinski definition) is 3. The van der Waals surface area contributed by atoms with Gasteiger partial charge in [-0.3, -0.25) is 11.3 Å². The summed E-state index contributed by atoms with van der Waals surface area (Å²) in [6, 6.07) is 5.83. The van der Waals surface area contributed by atoms with Gasteiger partial charge in [0.2, 0.25) is 0 Å². The van der Waals surface area contributed by atoms with Gasteiger partial charge in [-0.05, 0) is 44.6 Å². The van der Waals surface area contributed by atoms with E-state index in [0.717, 1.165) is 18.4 Å². The molecule has 0 radical (unpaired) electrons. The first-order chi connectivity index (χ1) is 9.51. The number of nitrogens with two attached hydrogens (primary N) is 1. The highest BCUT2D eigenvalue weighted by Gasteiger charge is 2.42. The van der Waals surface area contributed by atoms with Gasteiger partial charge in [0.25, 0.3) is 0 Å². The highest BCUT2D eigenvalue weighted by Crippen LogP contribution is 2.42. The Morgan fingerprint density at radius 3 is 2.30 bits per heavy atom. The van der Waals surface area contributed by atoms with E-state index in [0.29, 0.717) is 10.0 Å². The summed E-state index contributed by atoms with van der Waals surface area (Å²) < 4.78 is 0. The van der Waals surface area contributed by atoms with Crippen LogP contribution in [0.3, 0.4) is 0 Å². The first kappa shape index (κ1) is 16.1. The maximum atomic E-state index is 6.16. The maximum absolute atomic E-state index is 6.16. The molecule has 0 spiro atoms. The van der Waals surface area contributed by atoms with E-state index in [4.69, 9.17) is 29.0 Å². The second kappa shape index (κ2) is 6.63. The first-order valence-corrected chi connectivity index (χ1v) is 7.85. The van der Waals surface area contributed by atoms with E-state index < -0.39 is 0 Å². The van der Waals surface area contributed by atoms with Crippen LogP contribution in [-0.2, 0) is 0 Å². The Kier molecular flexibility index (Phi) is 5.32. The van der Waals surface area contributed by atoms with Gasteiger partial charge in [-0.15, -0.1) is 0 Å². The molecule has 1 aliphatic rings. The van der Waals surface area contributed by atoms with Crippen LogP contribution in [-0.4, -0.2) is 24.5 Å². The summed E-state index contributed by atoms with van der Waals surface area (Å²) in [5, 5.41) is 1.16. The zero-order valence-electron chi connectivity index (χ0n) is 12.1. The van der Waals surface area contributed by atoms with E-state index in [1.807, 2.05) is 18.2 Å². The molecule has 1 aliphatic carbocycles. The van der Waals surface area contributed by atoms with E-state index in [1.165, 1.54) is 19.3 Å². The lowest BCUT2D eigenvalue weighted by Crippen LogP contribution is -2.56. The number of hydrogen-bond donors (Lipinski definition) is 2. The van der Waals surface area contributed by atoms with Crippen LogP contribution in [0.25, 0.3) is 0 Å². The lowest BCUT2D eigenvalue weighted by molar-refractivity contribution is 0.0564. The second-order valence-corrected chi connectivity index (χ2v) is 6.65. The monoisotopic (exact) mass is 315 g/mol.